The van der Waals surface area contributed by atoms with Crippen molar-refractivity contribution < 1.29 is 9.53 Å². The summed E-state index contributed by atoms with van der Waals surface area (Å²) < 4.78 is 5.01. The first-order valence-corrected chi connectivity index (χ1v) is 5.02. The third kappa shape index (κ3) is 2.57. The first-order valence-electron chi connectivity index (χ1n) is 5.02. The first-order chi connectivity index (χ1) is 8.31. The zero-order valence-electron chi connectivity index (χ0n) is 9.25. The zero-order chi connectivity index (χ0) is 12.1. The van der Waals surface area contributed by atoms with Crippen LogP contribution in [0, 0.1) is 0 Å². The van der Waals surface area contributed by atoms with E-state index in [9.17, 15) is 4.79 Å². The maximum Gasteiger partial charge on any atom is 0.262 e. The molecular formula is C12H11N3O2. The van der Waals surface area contributed by atoms with Crippen molar-refractivity contribution in [1.82, 2.24) is 9.97 Å². The van der Waals surface area contributed by atoms with Gasteiger partial charge in [0, 0.05) is 12.4 Å². The third-order valence-corrected chi connectivity index (χ3v) is 2.12. The largest absolute Gasteiger partial charge is 0.480 e. The molecule has 0 atom stereocenters. The summed E-state index contributed by atoms with van der Waals surface area (Å²) in [5, 5.41) is 2.66. The van der Waals surface area contributed by atoms with E-state index >= 15 is 0 Å². The highest BCUT2D eigenvalue weighted by Gasteiger charge is 2.12. The quantitative estimate of drug-likeness (QED) is 0.870. The molecule has 0 aromatic carbocycles. The number of amides is 1. The van der Waals surface area contributed by atoms with Gasteiger partial charge in [0.05, 0.1) is 7.11 Å². The fourth-order valence-electron chi connectivity index (χ4n) is 1.35. The second-order valence-electron chi connectivity index (χ2n) is 3.23. The molecule has 2 aromatic rings. The van der Waals surface area contributed by atoms with Crippen LogP contribution in [-0.4, -0.2) is 23.0 Å². The Hall–Kier alpha value is -2.43. The van der Waals surface area contributed by atoms with Gasteiger partial charge in [-0.05, 0) is 24.3 Å². The molecule has 0 spiro atoms. The summed E-state index contributed by atoms with van der Waals surface area (Å²) in [6.45, 7) is 0. The number of pyridine rings is 2. The number of methoxy groups -OCH3 is 1. The van der Waals surface area contributed by atoms with Gasteiger partial charge >= 0.3 is 0 Å². The summed E-state index contributed by atoms with van der Waals surface area (Å²) in [4.78, 5) is 19.9. The average molecular weight is 229 g/mol. The van der Waals surface area contributed by atoms with E-state index in [-0.39, 0.29) is 5.91 Å². The summed E-state index contributed by atoms with van der Waals surface area (Å²) in [6, 6.07) is 8.60. The number of rotatable bonds is 3. The van der Waals surface area contributed by atoms with Gasteiger partial charge in [-0.25, -0.2) is 9.97 Å². The first kappa shape index (κ1) is 11.1. The third-order valence-electron chi connectivity index (χ3n) is 2.12. The van der Waals surface area contributed by atoms with Crippen LogP contribution in [0.4, 0.5) is 5.82 Å². The monoisotopic (exact) mass is 229 g/mol. The summed E-state index contributed by atoms with van der Waals surface area (Å²) >= 11 is 0. The van der Waals surface area contributed by atoms with Gasteiger partial charge in [-0.3, -0.25) is 4.79 Å². The van der Waals surface area contributed by atoms with Crippen molar-refractivity contribution in [2.45, 2.75) is 0 Å². The highest BCUT2D eigenvalue weighted by Crippen LogP contribution is 2.15. The van der Waals surface area contributed by atoms with E-state index in [1.54, 1.807) is 42.7 Å². The van der Waals surface area contributed by atoms with Crippen molar-refractivity contribution >= 4 is 11.7 Å². The maximum absolute atomic E-state index is 11.9. The number of anilines is 1. The smallest absolute Gasteiger partial charge is 0.262 e. The van der Waals surface area contributed by atoms with Crippen LogP contribution in [0.25, 0.3) is 0 Å². The molecule has 0 radical (unpaired) electrons. The molecule has 0 saturated carbocycles. The van der Waals surface area contributed by atoms with Crippen LogP contribution in [-0.2, 0) is 0 Å². The van der Waals surface area contributed by atoms with Crippen LogP contribution < -0.4 is 10.1 Å². The lowest BCUT2D eigenvalue weighted by atomic mass is 10.2. The molecule has 2 aromatic heterocycles. The summed E-state index contributed by atoms with van der Waals surface area (Å²) in [5.74, 6) is 0.484. The highest BCUT2D eigenvalue weighted by atomic mass is 16.5. The van der Waals surface area contributed by atoms with Crippen molar-refractivity contribution in [3.63, 3.8) is 0 Å². The number of aromatic nitrogens is 2. The lowest BCUT2D eigenvalue weighted by molar-refractivity contribution is 0.102. The van der Waals surface area contributed by atoms with Gasteiger partial charge < -0.3 is 10.1 Å². The van der Waals surface area contributed by atoms with Crippen molar-refractivity contribution in [1.29, 1.82) is 0 Å². The van der Waals surface area contributed by atoms with E-state index in [0.29, 0.717) is 17.3 Å². The second kappa shape index (κ2) is 5.07. The van der Waals surface area contributed by atoms with Gasteiger partial charge in [0.25, 0.3) is 5.91 Å². The minimum Gasteiger partial charge on any atom is -0.480 e. The summed E-state index contributed by atoms with van der Waals surface area (Å²) in [6.07, 6.45) is 3.17. The number of carbonyl (C=O) groups excluding carboxylic acids is 1. The summed E-state index contributed by atoms with van der Waals surface area (Å²) in [7, 11) is 1.47. The van der Waals surface area contributed by atoms with Gasteiger partial charge in [-0.2, -0.15) is 0 Å². The molecule has 2 rings (SSSR count). The van der Waals surface area contributed by atoms with Crippen LogP contribution in [0.1, 0.15) is 10.4 Å². The van der Waals surface area contributed by atoms with E-state index < -0.39 is 0 Å². The minimum atomic E-state index is -0.298. The number of hydrogen-bond acceptors (Lipinski definition) is 4. The minimum absolute atomic E-state index is 0.293. The Balaban J connectivity index is 2.20. The predicted octanol–water partition coefficient (Wildman–Crippen LogP) is 1.74. The molecular weight excluding hydrogens is 218 g/mol. The molecule has 0 unspecified atom stereocenters. The molecule has 0 aliphatic carbocycles. The molecule has 86 valence electrons. The average Bonchev–Trinajstić information content (AvgIpc) is 2.40. The molecule has 5 nitrogen and oxygen atoms in total. The van der Waals surface area contributed by atoms with Crippen LogP contribution in [0.5, 0.6) is 5.88 Å². The van der Waals surface area contributed by atoms with Crippen LogP contribution in [0.15, 0.2) is 42.7 Å². The number of carbonyl (C=O) groups is 1. The van der Waals surface area contributed by atoms with Crippen LogP contribution in [0.3, 0.4) is 0 Å². The van der Waals surface area contributed by atoms with E-state index in [1.165, 1.54) is 7.11 Å². The van der Waals surface area contributed by atoms with Crippen molar-refractivity contribution in [3.8, 4) is 5.88 Å². The maximum atomic E-state index is 11.9. The predicted molar refractivity (Wildman–Crippen MR) is 63.0 cm³/mol. The SMILES string of the molecule is COc1ncccc1C(=O)Nc1ccccn1. The molecule has 0 saturated heterocycles. The Labute approximate surface area is 98.5 Å². The number of hydrogen-bond donors (Lipinski definition) is 1. The Kier molecular flexibility index (Phi) is 3.30. The van der Waals surface area contributed by atoms with Crippen LogP contribution in [0.2, 0.25) is 0 Å². The molecule has 1 amide bonds. The summed E-state index contributed by atoms with van der Waals surface area (Å²) in [5.41, 5.74) is 0.376. The fourth-order valence-corrected chi connectivity index (χ4v) is 1.35. The standard InChI is InChI=1S/C12H11N3O2/c1-17-12-9(5-4-8-14-12)11(16)15-10-6-2-3-7-13-10/h2-8H,1H3,(H,13,15,16). The molecule has 0 bridgehead atoms. The molecule has 5 heteroatoms. The molecule has 0 aliphatic rings. The van der Waals surface area contributed by atoms with Crippen LogP contribution >= 0.6 is 0 Å². The van der Waals surface area contributed by atoms with Gasteiger partial charge in [-0.1, -0.05) is 6.07 Å². The molecule has 17 heavy (non-hydrogen) atoms. The lowest BCUT2D eigenvalue weighted by Crippen LogP contribution is -2.14. The molecule has 1 N–H and O–H groups in total. The molecule has 2 heterocycles. The number of nitrogens with one attached hydrogen (secondary N) is 1. The Morgan fingerprint density at radius 2 is 2.00 bits per heavy atom. The van der Waals surface area contributed by atoms with E-state index in [1.807, 2.05) is 0 Å². The lowest BCUT2D eigenvalue weighted by Gasteiger charge is -2.07. The zero-order valence-corrected chi connectivity index (χ0v) is 9.25. The van der Waals surface area contributed by atoms with Gasteiger partial charge in [0.2, 0.25) is 5.88 Å². The highest BCUT2D eigenvalue weighted by molar-refractivity contribution is 6.05. The Morgan fingerprint density at radius 3 is 2.71 bits per heavy atom. The number of ether oxygens (including phenoxy) is 1. The van der Waals surface area contributed by atoms with E-state index in [0.717, 1.165) is 0 Å². The van der Waals surface area contributed by atoms with E-state index in [4.69, 9.17) is 4.74 Å². The van der Waals surface area contributed by atoms with Crippen molar-refractivity contribution in [3.05, 3.63) is 48.3 Å². The number of nitrogens with zero attached hydrogens (tertiary/aromatic N) is 2. The molecule has 0 fully saturated rings. The van der Waals surface area contributed by atoms with Gasteiger partial charge in [-0.15, -0.1) is 0 Å². The Bertz CT molecular complexity index is 514. The van der Waals surface area contributed by atoms with Crippen molar-refractivity contribution in [2.75, 3.05) is 12.4 Å². The second-order valence-corrected chi connectivity index (χ2v) is 3.23. The molecule has 0 aliphatic heterocycles. The normalized spacial score (nSPS) is 9.71. The topological polar surface area (TPSA) is 64.1 Å². The van der Waals surface area contributed by atoms with Gasteiger partial charge in [0.15, 0.2) is 0 Å². The van der Waals surface area contributed by atoms with E-state index in [2.05, 4.69) is 15.3 Å². The fraction of sp³-hybridized carbons (Fsp3) is 0.0833. The Morgan fingerprint density at radius 1 is 1.18 bits per heavy atom. The van der Waals surface area contributed by atoms with Gasteiger partial charge in [0.1, 0.15) is 11.4 Å². The van der Waals surface area contributed by atoms with Crippen molar-refractivity contribution in [2.24, 2.45) is 0 Å².